The standard InChI is InChI=1S/C13H23N3/c1-10(2)7-14-8-11(3)6-13-9-15-16(5)12(13)4/h6,9-10,14H,7-8H2,1-5H3. The van der Waals surface area contributed by atoms with E-state index in [2.05, 4.69) is 44.2 Å². The third-order valence-corrected chi connectivity index (χ3v) is 2.63. The fraction of sp³-hybridized carbons (Fsp3) is 0.615. The van der Waals surface area contributed by atoms with E-state index in [9.17, 15) is 0 Å². The van der Waals surface area contributed by atoms with Crippen LogP contribution in [0.1, 0.15) is 32.0 Å². The molecule has 0 unspecified atom stereocenters. The van der Waals surface area contributed by atoms with Gasteiger partial charge < -0.3 is 5.32 Å². The molecule has 0 saturated heterocycles. The summed E-state index contributed by atoms with van der Waals surface area (Å²) in [6.45, 7) is 10.7. The SMILES string of the molecule is CC(=Cc1cnn(C)c1C)CNCC(C)C. The summed E-state index contributed by atoms with van der Waals surface area (Å²) < 4.78 is 1.90. The van der Waals surface area contributed by atoms with Crippen molar-refractivity contribution in [2.24, 2.45) is 13.0 Å². The molecule has 1 N–H and O–H groups in total. The average Bonchev–Trinajstić information content (AvgIpc) is 2.49. The van der Waals surface area contributed by atoms with Crippen LogP contribution in [-0.2, 0) is 7.05 Å². The Morgan fingerprint density at radius 2 is 2.25 bits per heavy atom. The zero-order valence-corrected chi connectivity index (χ0v) is 11.0. The number of hydrogen-bond acceptors (Lipinski definition) is 2. The lowest BCUT2D eigenvalue weighted by Crippen LogP contribution is -2.21. The average molecular weight is 221 g/mol. The zero-order chi connectivity index (χ0) is 12.1. The molecule has 0 aromatic carbocycles. The van der Waals surface area contributed by atoms with Gasteiger partial charge in [-0.15, -0.1) is 0 Å². The van der Waals surface area contributed by atoms with Crippen molar-refractivity contribution in [2.45, 2.75) is 27.7 Å². The van der Waals surface area contributed by atoms with Gasteiger partial charge in [-0.1, -0.05) is 25.5 Å². The Morgan fingerprint density at radius 1 is 1.56 bits per heavy atom. The molecule has 1 aromatic rings. The number of rotatable bonds is 5. The number of aryl methyl sites for hydroxylation is 1. The van der Waals surface area contributed by atoms with Gasteiger partial charge in [0.15, 0.2) is 0 Å². The normalized spacial score (nSPS) is 12.5. The molecule has 0 atom stereocenters. The Hall–Kier alpha value is -1.09. The lowest BCUT2D eigenvalue weighted by molar-refractivity contribution is 0.572. The minimum absolute atomic E-state index is 0.702. The van der Waals surface area contributed by atoms with Gasteiger partial charge in [0.05, 0.1) is 6.20 Å². The Kier molecular flexibility index (Phi) is 4.74. The van der Waals surface area contributed by atoms with E-state index in [1.54, 1.807) is 0 Å². The second-order valence-electron chi connectivity index (χ2n) is 4.82. The highest BCUT2D eigenvalue weighted by Crippen LogP contribution is 2.10. The molecule has 0 amide bonds. The molecule has 0 aliphatic heterocycles. The largest absolute Gasteiger partial charge is 0.313 e. The van der Waals surface area contributed by atoms with Crippen LogP contribution in [0.5, 0.6) is 0 Å². The van der Waals surface area contributed by atoms with Gasteiger partial charge in [0, 0.05) is 24.8 Å². The van der Waals surface area contributed by atoms with Crippen LogP contribution in [0.15, 0.2) is 11.8 Å². The van der Waals surface area contributed by atoms with Gasteiger partial charge in [0.1, 0.15) is 0 Å². The van der Waals surface area contributed by atoms with Crippen LogP contribution in [0, 0.1) is 12.8 Å². The second-order valence-corrected chi connectivity index (χ2v) is 4.82. The number of nitrogens with zero attached hydrogens (tertiary/aromatic N) is 2. The van der Waals surface area contributed by atoms with Gasteiger partial charge >= 0.3 is 0 Å². The highest BCUT2D eigenvalue weighted by molar-refractivity contribution is 5.54. The first-order chi connectivity index (χ1) is 7.50. The molecule has 0 fully saturated rings. The fourth-order valence-electron chi connectivity index (χ4n) is 1.53. The quantitative estimate of drug-likeness (QED) is 0.827. The summed E-state index contributed by atoms with van der Waals surface area (Å²) in [6.07, 6.45) is 4.12. The summed E-state index contributed by atoms with van der Waals surface area (Å²) in [5.41, 5.74) is 3.77. The highest BCUT2D eigenvalue weighted by atomic mass is 15.3. The minimum atomic E-state index is 0.702. The van der Waals surface area contributed by atoms with Gasteiger partial charge in [-0.2, -0.15) is 5.10 Å². The Balaban J connectivity index is 2.53. The van der Waals surface area contributed by atoms with Crippen molar-refractivity contribution < 1.29 is 0 Å². The first kappa shape index (κ1) is 13.0. The second kappa shape index (κ2) is 5.85. The summed E-state index contributed by atoms with van der Waals surface area (Å²) in [6, 6.07) is 0. The fourth-order valence-corrected chi connectivity index (χ4v) is 1.53. The van der Waals surface area contributed by atoms with E-state index in [1.807, 2.05) is 17.9 Å². The van der Waals surface area contributed by atoms with Crippen LogP contribution in [-0.4, -0.2) is 22.9 Å². The Morgan fingerprint density at radius 3 is 2.75 bits per heavy atom. The Bertz CT molecular complexity index is 361. The van der Waals surface area contributed by atoms with Gasteiger partial charge in [-0.05, 0) is 26.3 Å². The van der Waals surface area contributed by atoms with E-state index >= 15 is 0 Å². The first-order valence-electron chi connectivity index (χ1n) is 5.87. The lowest BCUT2D eigenvalue weighted by atomic mass is 10.1. The maximum absolute atomic E-state index is 4.23. The summed E-state index contributed by atoms with van der Waals surface area (Å²) >= 11 is 0. The predicted octanol–water partition coefficient (Wildman–Crippen LogP) is 2.38. The number of aromatic nitrogens is 2. The molecule has 1 rings (SSSR count). The summed E-state index contributed by atoms with van der Waals surface area (Å²) in [4.78, 5) is 0. The Labute approximate surface area is 98.5 Å². The topological polar surface area (TPSA) is 29.9 Å². The van der Waals surface area contributed by atoms with Gasteiger partial charge in [-0.25, -0.2) is 0 Å². The molecule has 0 spiro atoms. The van der Waals surface area contributed by atoms with Crippen molar-refractivity contribution >= 4 is 6.08 Å². The molecular weight excluding hydrogens is 198 g/mol. The van der Waals surface area contributed by atoms with Crippen LogP contribution in [0.3, 0.4) is 0 Å². The molecule has 1 aromatic heterocycles. The molecule has 90 valence electrons. The molecule has 16 heavy (non-hydrogen) atoms. The highest BCUT2D eigenvalue weighted by Gasteiger charge is 2.01. The molecule has 0 saturated carbocycles. The summed E-state index contributed by atoms with van der Waals surface area (Å²) in [7, 11) is 1.97. The molecule has 0 aliphatic carbocycles. The third-order valence-electron chi connectivity index (χ3n) is 2.63. The van der Waals surface area contributed by atoms with E-state index in [0.717, 1.165) is 13.1 Å². The molecule has 0 bridgehead atoms. The van der Waals surface area contributed by atoms with Gasteiger partial charge in [0.25, 0.3) is 0 Å². The van der Waals surface area contributed by atoms with Crippen LogP contribution in [0.25, 0.3) is 6.08 Å². The van der Waals surface area contributed by atoms with Crippen molar-refractivity contribution in [1.82, 2.24) is 15.1 Å². The van der Waals surface area contributed by atoms with E-state index in [1.165, 1.54) is 16.8 Å². The summed E-state index contributed by atoms with van der Waals surface area (Å²) in [5.74, 6) is 0.702. The third kappa shape index (κ3) is 3.81. The number of hydrogen-bond donors (Lipinski definition) is 1. The molecular formula is C13H23N3. The van der Waals surface area contributed by atoms with Crippen LogP contribution in [0.2, 0.25) is 0 Å². The monoisotopic (exact) mass is 221 g/mol. The van der Waals surface area contributed by atoms with Crippen LogP contribution < -0.4 is 5.32 Å². The molecule has 1 heterocycles. The van der Waals surface area contributed by atoms with E-state index in [4.69, 9.17) is 0 Å². The predicted molar refractivity (Wildman–Crippen MR) is 69.3 cm³/mol. The van der Waals surface area contributed by atoms with Crippen molar-refractivity contribution in [2.75, 3.05) is 13.1 Å². The maximum atomic E-state index is 4.23. The molecule has 3 heteroatoms. The van der Waals surface area contributed by atoms with Crippen molar-refractivity contribution in [3.8, 4) is 0 Å². The van der Waals surface area contributed by atoms with Crippen LogP contribution in [0.4, 0.5) is 0 Å². The molecule has 3 nitrogen and oxygen atoms in total. The molecule has 0 aliphatic rings. The van der Waals surface area contributed by atoms with Crippen molar-refractivity contribution in [3.05, 3.63) is 23.0 Å². The first-order valence-corrected chi connectivity index (χ1v) is 5.87. The van der Waals surface area contributed by atoms with Crippen LogP contribution >= 0.6 is 0 Å². The van der Waals surface area contributed by atoms with Crippen molar-refractivity contribution in [3.63, 3.8) is 0 Å². The smallest absolute Gasteiger partial charge is 0.0564 e. The maximum Gasteiger partial charge on any atom is 0.0564 e. The molecule has 0 radical (unpaired) electrons. The lowest BCUT2D eigenvalue weighted by Gasteiger charge is -2.07. The van der Waals surface area contributed by atoms with E-state index < -0.39 is 0 Å². The number of nitrogens with one attached hydrogen (secondary N) is 1. The van der Waals surface area contributed by atoms with Crippen molar-refractivity contribution in [1.29, 1.82) is 0 Å². The summed E-state index contributed by atoms with van der Waals surface area (Å²) in [5, 5.41) is 7.67. The van der Waals surface area contributed by atoms with E-state index in [-0.39, 0.29) is 0 Å². The van der Waals surface area contributed by atoms with E-state index in [0.29, 0.717) is 5.92 Å². The van der Waals surface area contributed by atoms with Gasteiger partial charge in [0.2, 0.25) is 0 Å². The van der Waals surface area contributed by atoms with Gasteiger partial charge in [-0.3, -0.25) is 4.68 Å². The zero-order valence-electron chi connectivity index (χ0n) is 11.0. The minimum Gasteiger partial charge on any atom is -0.313 e.